The fourth-order valence-corrected chi connectivity index (χ4v) is 5.75. The second-order valence-electron chi connectivity index (χ2n) is 10.8. The number of carbonyl (C=O) groups is 1. The molecule has 36 heavy (non-hydrogen) atoms. The van der Waals surface area contributed by atoms with Crippen molar-refractivity contribution in [3.8, 4) is 17.2 Å². The highest BCUT2D eigenvalue weighted by atomic mass is 16.2. The Bertz CT molecular complexity index is 1420. The summed E-state index contributed by atoms with van der Waals surface area (Å²) in [6.45, 7) is 2.19. The van der Waals surface area contributed by atoms with Crippen LogP contribution in [-0.4, -0.2) is 51.4 Å². The van der Waals surface area contributed by atoms with Gasteiger partial charge in [0, 0.05) is 48.6 Å². The van der Waals surface area contributed by atoms with Gasteiger partial charge in [0.15, 0.2) is 0 Å². The van der Waals surface area contributed by atoms with Gasteiger partial charge in [-0.15, -0.1) is 0 Å². The van der Waals surface area contributed by atoms with Crippen LogP contribution in [0.2, 0.25) is 0 Å². The monoisotopic (exact) mass is 479 g/mol. The van der Waals surface area contributed by atoms with Crippen molar-refractivity contribution in [3.05, 3.63) is 41.7 Å². The van der Waals surface area contributed by atoms with E-state index in [2.05, 4.69) is 31.9 Å². The lowest BCUT2D eigenvalue weighted by Gasteiger charge is -2.43. The summed E-state index contributed by atoms with van der Waals surface area (Å²) in [5.74, 6) is 2.57. The minimum Gasteiger partial charge on any atom is -0.368 e. The highest BCUT2D eigenvalue weighted by molar-refractivity contribution is 5.95. The quantitative estimate of drug-likeness (QED) is 0.591. The van der Waals surface area contributed by atoms with E-state index in [1.54, 1.807) is 6.20 Å². The number of anilines is 2. The van der Waals surface area contributed by atoms with Crippen LogP contribution in [-0.2, 0) is 4.79 Å². The van der Waals surface area contributed by atoms with Crippen LogP contribution in [0, 0.1) is 23.2 Å². The second-order valence-corrected chi connectivity index (χ2v) is 10.8. The average molecular weight is 480 g/mol. The van der Waals surface area contributed by atoms with Crippen molar-refractivity contribution >= 4 is 28.6 Å². The molecular formula is C28H29N7O. The molecule has 0 spiro atoms. The van der Waals surface area contributed by atoms with Gasteiger partial charge in [0.1, 0.15) is 11.9 Å². The van der Waals surface area contributed by atoms with Crippen molar-refractivity contribution in [1.82, 2.24) is 19.9 Å². The molecule has 1 amide bonds. The van der Waals surface area contributed by atoms with Gasteiger partial charge in [0.2, 0.25) is 11.9 Å². The van der Waals surface area contributed by atoms with Crippen molar-refractivity contribution in [3.63, 3.8) is 0 Å². The number of nitrogens with two attached hydrogens (primary N) is 1. The molecule has 1 aliphatic heterocycles. The molecule has 3 aromatic rings. The van der Waals surface area contributed by atoms with Crippen LogP contribution in [0.15, 0.2) is 30.5 Å². The third-order valence-corrected chi connectivity index (χ3v) is 8.14. The van der Waals surface area contributed by atoms with Crippen LogP contribution < -0.4 is 10.6 Å². The van der Waals surface area contributed by atoms with Crippen molar-refractivity contribution in [2.45, 2.75) is 50.5 Å². The number of hydrogen-bond donors (Lipinski definition) is 1. The SMILES string of the molecule is N#Cc1cc(-c2cccc3nc(N)ncc23)c(C2CC2)nc1N1CCN(C(=O)C2CC2)C(C2CC2)C1. The maximum Gasteiger partial charge on any atom is 0.226 e. The van der Waals surface area contributed by atoms with Crippen LogP contribution in [0.1, 0.15) is 55.7 Å². The van der Waals surface area contributed by atoms with Gasteiger partial charge in [-0.1, -0.05) is 12.1 Å². The van der Waals surface area contributed by atoms with Gasteiger partial charge >= 0.3 is 0 Å². The molecule has 1 aromatic carbocycles. The summed E-state index contributed by atoms with van der Waals surface area (Å²) in [5.41, 5.74) is 10.2. The van der Waals surface area contributed by atoms with E-state index in [1.807, 2.05) is 18.2 Å². The van der Waals surface area contributed by atoms with Gasteiger partial charge in [-0.05, 0) is 62.1 Å². The highest BCUT2D eigenvalue weighted by Gasteiger charge is 2.45. The third-order valence-electron chi connectivity index (χ3n) is 8.14. The van der Waals surface area contributed by atoms with E-state index < -0.39 is 0 Å². The molecule has 2 N–H and O–H groups in total. The Hall–Kier alpha value is -3.73. The molecule has 4 fully saturated rings. The molecule has 1 unspecified atom stereocenters. The summed E-state index contributed by atoms with van der Waals surface area (Å²) in [4.78, 5) is 31.2. The molecule has 2 aromatic heterocycles. The molecule has 3 saturated carbocycles. The summed E-state index contributed by atoms with van der Waals surface area (Å²) in [6.07, 6.45) is 8.42. The summed E-state index contributed by atoms with van der Waals surface area (Å²) < 4.78 is 0. The first-order chi connectivity index (χ1) is 17.6. The third kappa shape index (κ3) is 3.74. The van der Waals surface area contributed by atoms with Crippen molar-refractivity contribution < 1.29 is 4.79 Å². The number of nitriles is 1. The minimum atomic E-state index is 0.227. The maximum absolute atomic E-state index is 13.0. The number of pyridine rings is 1. The van der Waals surface area contributed by atoms with E-state index in [9.17, 15) is 10.1 Å². The van der Waals surface area contributed by atoms with Gasteiger partial charge in [-0.2, -0.15) is 5.26 Å². The molecule has 1 saturated heterocycles. The Labute approximate surface area is 210 Å². The lowest BCUT2D eigenvalue weighted by molar-refractivity contribution is -0.135. The first kappa shape index (κ1) is 21.5. The van der Waals surface area contributed by atoms with Gasteiger partial charge < -0.3 is 15.5 Å². The van der Waals surface area contributed by atoms with Gasteiger partial charge in [0.25, 0.3) is 0 Å². The van der Waals surface area contributed by atoms with Crippen molar-refractivity contribution in [2.75, 3.05) is 30.3 Å². The zero-order valence-electron chi connectivity index (χ0n) is 20.2. The number of nitrogens with zero attached hydrogens (tertiary/aromatic N) is 6. The molecule has 0 radical (unpaired) electrons. The molecule has 8 heteroatoms. The lowest BCUT2D eigenvalue weighted by Crippen LogP contribution is -2.57. The van der Waals surface area contributed by atoms with E-state index in [4.69, 9.17) is 10.7 Å². The van der Waals surface area contributed by atoms with Crippen LogP contribution in [0.4, 0.5) is 11.8 Å². The predicted octanol–water partition coefficient (Wildman–Crippen LogP) is 3.86. The highest BCUT2D eigenvalue weighted by Crippen LogP contribution is 2.46. The molecule has 0 bridgehead atoms. The van der Waals surface area contributed by atoms with E-state index in [-0.39, 0.29) is 17.9 Å². The zero-order chi connectivity index (χ0) is 24.4. The second kappa shape index (κ2) is 8.16. The minimum absolute atomic E-state index is 0.227. The molecule has 182 valence electrons. The standard InChI is InChI=1S/C28H29N7O/c29-13-19-12-21(20-2-1-3-23-22(20)14-31-28(30)32-23)25(17-6-7-17)33-26(19)34-10-11-35(27(36)18-8-9-18)24(15-34)16-4-5-16/h1-3,12,14,16-18,24H,4-11,15H2,(H2,30,31,32). The molecular weight excluding hydrogens is 450 g/mol. The molecule has 3 heterocycles. The number of benzene rings is 1. The predicted molar refractivity (Wildman–Crippen MR) is 137 cm³/mol. The van der Waals surface area contributed by atoms with Crippen molar-refractivity contribution in [2.24, 2.45) is 11.8 Å². The van der Waals surface area contributed by atoms with Gasteiger partial charge in [0.05, 0.1) is 22.8 Å². The molecule has 8 nitrogen and oxygen atoms in total. The molecule has 3 aliphatic carbocycles. The number of piperazine rings is 1. The van der Waals surface area contributed by atoms with Crippen LogP contribution >= 0.6 is 0 Å². The molecule has 7 rings (SSSR count). The number of fused-ring (bicyclic) bond motifs is 1. The number of amides is 1. The normalized spacial score (nSPS) is 22.0. The average Bonchev–Trinajstić information content (AvgIpc) is 3.76. The van der Waals surface area contributed by atoms with E-state index in [1.165, 1.54) is 12.8 Å². The van der Waals surface area contributed by atoms with Crippen LogP contribution in [0.3, 0.4) is 0 Å². The Morgan fingerprint density at radius 1 is 1.06 bits per heavy atom. The number of aromatic nitrogens is 3. The van der Waals surface area contributed by atoms with E-state index >= 15 is 0 Å². The van der Waals surface area contributed by atoms with Crippen LogP contribution in [0.5, 0.6) is 0 Å². The first-order valence-corrected chi connectivity index (χ1v) is 13.1. The summed E-state index contributed by atoms with van der Waals surface area (Å²) in [7, 11) is 0. The Morgan fingerprint density at radius 2 is 1.89 bits per heavy atom. The summed E-state index contributed by atoms with van der Waals surface area (Å²) in [5, 5.41) is 11.1. The van der Waals surface area contributed by atoms with Gasteiger partial charge in [-0.3, -0.25) is 4.79 Å². The molecule has 1 atom stereocenters. The number of nitrogen functional groups attached to an aromatic ring is 1. The fourth-order valence-electron chi connectivity index (χ4n) is 5.75. The number of rotatable bonds is 5. The number of carbonyl (C=O) groups excluding carboxylic acids is 1. The first-order valence-electron chi connectivity index (χ1n) is 13.1. The smallest absolute Gasteiger partial charge is 0.226 e. The van der Waals surface area contributed by atoms with E-state index in [0.29, 0.717) is 36.4 Å². The Balaban J connectivity index is 1.28. The molecule has 4 aliphatic rings. The lowest BCUT2D eigenvalue weighted by atomic mass is 9.96. The largest absolute Gasteiger partial charge is 0.368 e. The maximum atomic E-state index is 13.0. The van der Waals surface area contributed by atoms with Crippen LogP contribution in [0.25, 0.3) is 22.0 Å². The zero-order valence-corrected chi connectivity index (χ0v) is 20.2. The Morgan fingerprint density at radius 3 is 2.61 bits per heavy atom. The van der Waals surface area contributed by atoms with E-state index in [0.717, 1.165) is 65.8 Å². The van der Waals surface area contributed by atoms with Gasteiger partial charge in [-0.25, -0.2) is 15.0 Å². The number of hydrogen-bond acceptors (Lipinski definition) is 7. The summed E-state index contributed by atoms with van der Waals surface area (Å²) in [6, 6.07) is 10.6. The summed E-state index contributed by atoms with van der Waals surface area (Å²) >= 11 is 0. The Kier molecular flexibility index (Phi) is 4.88. The topological polar surface area (TPSA) is 112 Å². The van der Waals surface area contributed by atoms with Crippen molar-refractivity contribution in [1.29, 1.82) is 5.26 Å². The fraction of sp³-hybridized carbons (Fsp3) is 0.464.